The van der Waals surface area contributed by atoms with Crippen molar-refractivity contribution in [1.29, 1.82) is 0 Å². The number of rotatable bonds is 10. The molecule has 1 aromatic rings. The highest BCUT2D eigenvalue weighted by atomic mass is 32.2. The molecule has 0 aliphatic heterocycles. The quantitative estimate of drug-likeness (QED) is 0.439. The lowest BCUT2D eigenvalue weighted by Gasteiger charge is -2.31. The number of para-hydroxylation sites is 1. The van der Waals surface area contributed by atoms with Gasteiger partial charge in [-0.05, 0) is 37.4 Å². The number of aliphatic hydroxyl groups is 1. The minimum absolute atomic E-state index is 0.0953. The molecule has 0 spiro atoms. The van der Waals surface area contributed by atoms with Gasteiger partial charge in [-0.3, -0.25) is 0 Å². The fourth-order valence-corrected chi connectivity index (χ4v) is 4.42. The van der Waals surface area contributed by atoms with Gasteiger partial charge in [0, 0.05) is 12.6 Å². The zero-order chi connectivity index (χ0) is 17.5. The van der Waals surface area contributed by atoms with Crippen LogP contribution < -0.4 is 11.5 Å². The van der Waals surface area contributed by atoms with Gasteiger partial charge in [0.15, 0.2) is 0 Å². The van der Waals surface area contributed by atoms with E-state index >= 15 is 0 Å². The molecule has 23 heavy (non-hydrogen) atoms. The topological polar surface area (TPSA) is 110 Å². The Kier molecular flexibility index (Phi) is 7.98. The maximum Gasteiger partial charge on any atom is 0.245 e. The highest BCUT2D eigenvalue weighted by molar-refractivity contribution is 7.89. The van der Waals surface area contributed by atoms with Crippen molar-refractivity contribution in [2.45, 2.75) is 44.0 Å². The number of hydrogen-bond acceptors (Lipinski definition) is 5. The summed E-state index contributed by atoms with van der Waals surface area (Å²) in [5, 5.41) is 9.72. The molecule has 1 rings (SSSR count). The molecule has 0 heterocycles. The van der Waals surface area contributed by atoms with Crippen molar-refractivity contribution >= 4 is 15.7 Å². The van der Waals surface area contributed by atoms with E-state index in [0.717, 1.165) is 12.8 Å². The van der Waals surface area contributed by atoms with Gasteiger partial charge >= 0.3 is 0 Å². The second-order valence-electron chi connectivity index (χ2n) is 6.13. The first-order valence-electron chi connectivity index (χ1n) is 8.01. The number of hydrogen-bond donors (Lipinski definition) is 3. The summed E-state index contributed by atoms with van der Waals surface area (Å²) >= 11 is 0. The average Bonchev–Trinajstić information content (AvgIpc) is 2.50. The Morgan fingerprint density at radius 3 is 2.39 bits per heavy atom. The van der Waals surface area contributed by atoms with Crippen molar-refractivity contribution in [2.24, 2.45) is 11.7 Å². The summed E-state index contributed by atoms with van der Waals surface area (Å²) in [5.74, 6) is 0.137. The lowest BCUT2D eigenvalue weighted by molar-refractivity contribution is 0.168. The third-order valence-electron chi connectivity index (χ3n) is 3.66. The standard InChI is InChI=1S/C16H29N3O3S/c1-13(2)11-19(14(12-20)7-5-6-10-17)23(21,22)16-9-4-3-8-15(16)18/h3-4,8-9,13-14,20H,5-7,10-12,17-18H2,1-2H3. The van der Waals surface area contributed by atoms with Gasteiger partial charge in [-0.15, -0.1) is 0 Å². The van der Waals surface area contributed by atoms with E-state index in [4.69, 9.17) is 11.5 Å². The van der Waals surface area contributed by atoms with Crippen molar-refractivity contribution in [2.75, 3.05) is 25.4 Å². The van der Waals surface area contributed by atoms with Crippen molar-refractivity contribution in [1.82, 2.24) is 4.31 Å². The molecule has 0 radical (unpaired) electrons. The Morgan fingerprint density at radius 2 is 1.87 bits per heavy atom. The van der Waals surface area contributed by atoms with E-state index < -0.39 is 16.1 Å². The monoisotopic (exact) mass is 343 g/mol. The molecular formula is C16H29N3O3S. The summed E-state index contributed by atoms with van der Waals surface area (Å²) in [7, 11) is -3.76. The summed E-state index contributed by atoms with van der Waals surface area (Å²) in [6.07, 6.45) is 2.15. The maximum absolute atomic E-state index is 13.0. The summed E-state index contributed by atoms with van der Waals surface area (Å²) < 4.78 is 27.5. The van der Waals surface area contributed by atoms with Crippen LogP contribution in [0.15, 0.2) is 29.2 Å². The Bertz CT molecular complexity index is 576. The van der Waals surface area contributed by atoms with Crippen molar-refractivity contribution < 1.29 is 13.5 Å². The lowest BCUT2D eigenvalue weighted by Crippen LogP contribution is -2.44. The number of nitrogens with zero attached hydrogens (tertiary/aromatic N) is 1. The summed E-state index contributed by atoms with van der Waals surface area (Å²) in [5.41, 5.74) is 11.6. The Balaban J connectivity index is 3.15. The predicted molar refractivity (Wildman–Crippen MR) is 93.4 cm³/mol. The van der Waals surface area contributed by atoms with E-state index in [1.54, 1.807) is 18.2 Å². The molecule has 0 amide bonds. The van der Waals surface area contributed by atoms with Crippen LogP contribution in [0.3, 0.4) is 0 Å². The normalized spacial score (nSPS) is 13.7. The zero-order valence-electron chi connectivity index (χ0n) is 14.0. The van der Waals surface area contributed by atoms with Gasteiger partial charge in [0.1, 0.15) is 4.90 Å². The van der Waals surface area contributed by atoms with Crippen LogP contribution in [0.4, 0.5) is 5.69 Å². The van der Waals surface area contributed by atoms with Crippen LogP contribution in [0.25, 0.3) is 0 Å². The van der Waals surface area contributed by atoms with Gasteiger partial charge in [0.2, 0.25) is 10.0 Å². The molecule has 132 valence electrons. The minimum Gasteiger partial charge on any atom is -0.398 e. The molecule has 0 saturated heterocycles. The van der Waals surface area contributed by atoms with Gasteiger partial charge in [0.25, 0.3) is 0 Å². The van der Waals surface area contributed by atoms with Gasteiger partial charge in [-0.2, -0.15) is 4.31 Å². The second kappa shape index (κ2) is 9.22. The highest BCUT2D eigenvalue weighted by Crippen LogP contribution is 2.26. The van der Waals surface area contributed by atoms with Crippen LogP contribution in [0.5, 0.6) is 0 Å². The van der Waals surface area contributed by atoms with E-state index in [1.165, 1.54) is 10.4 Å². The van der Waals surface area contributed by atoms with Crippen LogP contribution in [0, 0.1) is 5.92 Å². The molecule has 7 heteroatoms. The van der Waals surface area contributed by atoms with E-state index in [2.05, 4.69) is 0 Å². The van der Waals surface area contributed by atoms with Crippen molar-refractivity contribution in [3.8, 4) is 0 Å². The van der Waals surface area contributed by atoms with Gasteiger partial charge in [-0.1, -0.05) is 32.4 Å². The first-order valence-corrected chi connectivity index (χ1v) is 9.45. The molecule has 1 aromatic carbocycles. The number of sulfonamides is 1. The van der Waals surface area contributed by atoms with Crippen LogP contribution >= 0.6 is 0 Å². The average molecular weight is 343 g/mol. The zero-order valence-corrected chi connectivity index (χ0v) is 14.8. The molecule has 0 saturated carbocycles. The van der Waals surface area contributed by atoms with Crippen molar-refractivity contribution in [3.05, 3.63) is 24.3 Å². The molecule has 0 aliphatic rings. The first-order chi connectivity index (χ1) is 10.8. The molecule has 0 aliphatic carbocycles. The molecular weight excluding hydrogens is 314 g/mol. The fourth-order valence-electron chi connectivity index (χ4n) is 2.50. The van der Waals surface area contributed by atoms with Crippen molar-refractivity contribution in [3.63, 3.8) is 0 Å². The number of nitrogens with two attached hydrogens (primary N) is 2. The molecule has 0 fully saturated rings. The number of benzene rings is 1. The minimum atomic E-state index is -3.76. The molecule has 0 bridgehead atoms. The fraction of sp³-hybridized carbons (Fsp3) is 0.625. The summed E-state index contributed by atoms with van der Waals surface area (Å²) in [6, 6.07) is 5.97. The van der Waals surface area contributed by atoms with Gasteiger partial charge in [0.05, 0.1) is 12.3 Å². The Morgan fingerprint density at radius 1 is 1.22 bits per heavy atom. The van der Waals surface area contributed by atoms with Crippen LogP contribution in [0.2, 0.25) is 0 Å². The molecule has 5 N–H and O–H groups in total. The molecule has 1 atom stereocenters. The summed E-state index contributed by atoms with van der Waals surface area (Å²) in [6.45, 7) is 4.57. The van der Waals surface area contributed by atoms with E-state index in [0.29, 0.717) is 19.5 Å². The molecule has 0 aromatic heterocycles. The number of nitrogen functional groups attached to an aromatic ring is 1. The molecule has 1 unspecified atom stereocenters. The predicted octanol–water partition coefficient (Wildman–Crippen LogP) is 1.41. The maximum atomic E-state index is 13.0. The Labute approximate surface area is 139 Å². The van der Waals surface area contributed by atoms with Gasteiger partial charge in [-0.25, -0.2) is 8.42 Å². The van der Waals surface area contributed by atoms with Gasteiger partial charge < -0.3 is 16.6 Å². The number of anilines is 1. The number of aliphatic hydroxyl groups excluding tert-OH is 1. The third-order valence-corrected chi connectivity index (χ3v) is 5.65. The SMILES string of the molecule is CC(C)CN(C(CO)CCCCN)S(=O)(=O)c1ccccc1N. The van der Waals surface area contributed by atoms with E-state index in [1.807, 2.05) is 13.8 Å². The first kappa shape index (κ1) is 19.9. The third kappa shape index (κ3) is 5.46. The van der Waals surface area contributed by atoms with Crippen LogP contribution in [-0.2, 0) is 10.0 Å². The van der Waals surface area contributed by atoms with E-state index in [9.17, 15) is 13.5 Å². The van der Waals surface area contributed by atoms with Crippen LogP contribution in [0.1, 0.15) is 33.1 Å². The second-order valence-corrected chi connectivity index (χ2v) is 7.99. The van der Waals surface area contributed by atoms with E-state index in [-0.39, 0.29) is 23.1 Å². The lowest BCUT2D eigenvalue weighted by atomic mass is 10.1. The Hall–Kier alpha value is -1.15. The summed E-state index contributed by atoms with van der Waals surface area (Å²) in [4.78, 5) is 0.0953. The largest absolute Gasteiger partial charge is 0.398 e. The smallest absolute Gasteiger partial charge is 0.245 e. The van der Waals surface area contributed by atoms with Crippen LogP contribution in [-0.4, -0.2) is 43.6 Å². The molecule has 6 nitrogen and oxygen atoms in total. The number of unbranched alkanes of at least 4 members (excludes halogenated alkanes) is 1. The highest BCUT2D eigenvalue weighted by Gasteiger charge is 2.32.